The summed E-state index contributed by atoms with van der Waals surface area (Å²) >= 11 is 0. The lowest BCUT2D eigenvalue weighted by molar-refractivity contribution is 0.0953. The van der Waals surface area contributed by atoms with Crippen molar-refractivity contribution in [2.45, 2.75) is 45.4 Å². The zero-order valence-corrected chi connectivity index (χ0v) is 12.2. The van der Waals surface area contributed by atoms with Gasteiger partial charge in [-0.2, -0.15) is 0 Å². The molecule has 0 radical (unpaired) electrons. The van der Waals surface area contributed by atoms with Gasteiger partial charge in [-0.3, -0.25) is 4.79 Å². The Hall–Kier alpha value is -1.35. The molecule has 19 heavy (non-hydrogen) atoms. The molecule has 1 rings (SSSR count). The molecule has 0 bridgehead atoms. The molecule has 0 heterocycles. The highest BCUT2D eigenvalue weighted by molar-refractivity contribution is 5.94. The smallest absolute Gasteiger partial charge is 0.251 e. The van der Waals surface area contributed by atoms with E-state index in [0.717, 1.165) is 19.3 Å². The molecular formula is C16H25NO2. The molecule has 0 saturated heterocycles. The number of carbonyl (C=O) groups excluding carboxylic acids is 1. The first-order valence-electron chi connectivity index (χ1n) is 6.95. The van der Waals surface area contributed by atoms with Gasteiger partial charge in [0, 0.05) is 18.7 Å². The molecule has 0 fully saturated rings. The van der Waals surface area contributed by atoms with Crippen molar-refractivity contribution >= 4 is 5.91 Å². The number of aliphatic hydroxyl groups is 1. The lowest BCUT2D eigenvalue weighted by Crippen LogP contribution is -2.24. The zero-order chi connectivity index (χ0) is 14.3. The van der Waals surface area contributed by atoms with Gasteiger partial charge in [-0.05, 0) is 42.4 Å². The Kier molecular flexibility index (Phi) is 6.03. The first-order valence-corrected chi connectivity index (χ1v) is 6.95. The second-order valence-electron chi connectivity index (χ2n) is 5.87. The summed E-state index contributed by atoms with van der Waals surface area (Å²) in [7, 11) is 0. The van der Waals surface area contributed by atoms with Crippen LogP contribution in [0.25, 0.3) is 0 Å². The van der Waals surface area contributed by atoms with Crippen LogP contribution in [0.15, 0.2) is 24.3 Å². The normalized spacial score (nSPS) is 11.4. The SMILES string of the molecule is CC(C)(C)c1ccc(C(=O)NCCCCCO)cc1. The van der Waals surface area contributed by atoms with Crippen LogP contribution in [0.2, 0.25) is 0 Å². The predicted octanol–water partition coefficient (Wildman–Crippen LogP) is 2.88. The molecule has 2 N–H and O–H groups in total. The van der Waals surface area contributed by atoms with Gasteiger partial charge in [0.05, 0.1) is 0 Å². The maximum absolute atomic E-state index is 11.9. The number of carbonyl (C=O) groups is 1. The monoisotopic (exact) mass is 263 g/mol. The maximum Gasteiger partial charge on any atom is 0.251 e. The summed E-state index contributed by atoms with van der Waals surface area (Å²) in [5.41, 5.74) is 2.04. The van der Waals surface area contributed by atoms with Gasteiger partial charge in [0.2, 0.25) is 0 Å². The van der Waals surface area contributed by atoms with E-state index < -0.39 is 0 Å². The van der Waals surface area contributed by atoms with E-state index in [0.29, 0.717) is 12.1 Å². The molecule has 106 valence electrons. The van der Waals surface area contributed by atoms with Gasteiger partial charge in [-0.15, -0.1) is 0 Å². The van der Waals surface area contributed by atoms with Crippen LogP contribution < -0.4 is 5.32 Å². The van der Waals surface area contributed by atoms with Crippen LogP contribution in [0.5, 0.6) is 0 Å². The van der Waals surface area contributed by atoms with Crippen molar-refractivity contribution in [3.8, 4) is 0 Å². The number of nitrogens with one attached hydrogen (secondary N) is 1. The van der Waals surface area contributed by atoms with Crippen LogP contribution >= 0.6 is 0 Å². The lowest BCUT2D eigenvalue weighted by atomic mass is 9.87. The van der Waals surface area contributed by atoms with Gasteiger partial charge in [0.1, 0.15) is 0 Å². The summed E-state index contributed by atoms with van der Waals surface area (Å²) in [4.78, 5) is 11.9. The molecule has 1 aromatic rings. The van der Waals surface area contributed by atoms with Crippen molar-refractivity contribution in [3.63, 3.8) is 0 Å². The molecule has 0 aromatic heterocycles. The van der Waals surface area contributed by atoms with E-state index in [4.69, 9.17) is 5.11 Å². The van der Waals surface area contributed by atoms with Crippen LogP contribution in [0.4, 0.5) is 0 Å². The third kappa shape index (κ3) is 5.43. The van der Waals surface area contributed by atoms with Crippen molar-refractivity contribution in [1.82, 2.24) is 5.32 Å². The molecular weight excluding hydrogens is 238 g/mol. The van der Waals surface area contributed by atoms with Gasteiger partial charge in [-0.1, -0.05) is 32.9 Å². The molecule has 1 amide bonds. The fraction of sp³-hybridized carbons (Fsp3) is 0.562. The summed E-state index contributed by atoms with van der Waals surface area (Å²) in [6.45, 7) is 7.36. The van der Waals surface area contributed by atoms with E-state index in [1.54, 1.807) is 0 Å². The van der Waals surface area contributed by atoms with Crippen LogP contribution in [0.1, 0.15) is 56.0 Å². The summed E-state index contributed by atoms with van der Waals surface area (Å²) in [6, 6.07) is 7.79. The Morgan fingerprint density at radius 3 is 2.26 bits per heavy atom. The topological polar surface area (TPSA) is 49.3 Å². The molecule has 0 aliphatic carbocycles. The number of amides is 1. The lowest BCUT2D eigenvalue weighted by Gasteiger charge is -2.19. The second-order valence-corrected chi connectivity index (χ2v) is 5.87. The quantitative estimate of drug-likeness (QED) is 0.775. The Morgan fingerprint density at radius 1 is 1.11 bits per heavy atom. The summed E-state index contributed by atoms with van der Waals surface area (Å²) in [5, 5.41) is 11.6. The average Bonchev–Trinajstić information content (AvgIpc) is 2.37. The maximum atomic E-state index is 11.9. The van der Waals surface area contributed by atoms with E-state index in [1.807, 2.05) is 24.3 Å². The van der Waals surface area contributed by atoms with Gasteiger partial charge < -0.3 is 10.4 Å². The molecule has 0 atom stereocenters. The van der Waals surface area contributed by atoms with E-state index >= 15 is 0 Å². The Labute approximate surface area is 116 Å². The van der Waals surface area contributed by atoms with Gasteiger partial charge in [-0.25, -0.2) is 0 Å². The summed E-state index contributed by atoms with van der Waals surface area (Å²) < 4.78 is 0. The molecule has 3 heteroatoms. The highest BCUT2D eigenvalue weighted by atomic mass is 16.2. The molecule has 0 aliphatic heterocycles. The fourth-order valence-electron chi connectivity index (χ4n) is 1.84. The van der Waals surface area contributed by atoms with Crippen molar-refractivity contribution in [3.05, 3.63) is 35.4 Å². The molecule has 0 saturated carbocycles. The Morgan fingerprint density at radius 2 is 1.74 bits per heavy atom. The number of rotatable bonds is 6. The van der Waals surface area contributed by atoms with Crippen LogP contribution in [0, 0.1) is 0 Å². The van der Waals surface area contributed by atoms with Gasteiger partial charge >= 0.3 is 0 Å². The number of benzene rings is 1. The third-order valence-corrected chi connectivity index (χ3v) is 3.13. The largest absolute Gasteiger partial charge is 0.396 e. The van der Waals surface area contributed by atoms with E-state index in [9.17, 15) is 4.79 Å². The second kappa shape index (κ2) is 7.29. The highest BCUT2D eigenvalue weighted by Crippen LogP contribution is 2.22. The minimum atomic E-state index is -0.0237. The predicted molar refractivity (Wildman–Crippen MR) is 78.4 cm³/mol. The number of hydrogen-bond acceptors (Lipinski definition) is 2. The van der Waals surface area contributed by atoms with Crippen LogP contribution in [0.3, 0.4) is 0 Å². The van der Waals surface area contributed by atoms with Gasteiger partial charge in [0.15, 0.2) is 0 Å². The van der Waals surface area contributed by atoms with Crippen molar-refractivity contribution in [1.29, 1.82) is 0 Å². The van der Waals surface area contributed by atoms with Crippen molar-refractivity contribution < 1.29 is 9.90 Å². The fourth-order valence-corrected chi connectivity index (χ4v) is 1.84. The number of hydrogen-bond donors (Lipinski definition) is 2. The number of aliphatic hydroxyl groups excluding tert-OH is 1. The minimum Gasteiger partial charge on any atom is -0.396 e. The first kappa shape index (κ1) is 15.7. The van der Waals surface area contributed by atoms with E-state index in [-0.39, 0.29) is 17.9 Å². The van der Waals surface area contributed by atoms with E-state index in [1.165, 1.54) is 5.56 Å². The van der Waals surface area contributed by atoms with Gasteiger partial charge in [0.25, 0.3) is 5.91 Å². The number of unbranched alkanes of at least 4 members (excludes halogenated alkanes) is 2. The first-order chi connectivity index (χ1) is 8.95. The molecule has 0 spiro atoms. The Bertz CT molecular complexity index is 390. The average molecular weight is 263 g/mol. The zero-order valence-electron chi connectivity index (χ0n) is 12.2. The van der Waals surface area contributed by atoms with Crippen molar-refractivity contribution in [2.24, 2.45) is 0 Å². The molecule has 3 nitrogen and oxygen atoms in total. The third-order valence-electron chi connectivity index (χ3n) is 3.13. The molecule has 0 unspecified atom stereocenters. The van der Waals surface area contributed by atoms with E-state index in [2.05, 4.69) is 26.1 Å². The highest BCUT2D eigenvalue weighted by Gasteiger charge is 2.14. The Balaban J connectivity index is 2.45. The minimum absolute atomic E-state index is 0.0237. The molecule has 1 aromatic carbocycles. The van der Waals surface area contributed by atoms with Crippen LogP contribution in [-0.2, 0) is 5.41 Å². The summed E-state index contributed by atoms with van der Waals surface area (Å²) in [6.07, 6.45) is 2.66. The molecule has 0 aliphatic rings. The standard InChI is InChI=1S/C16H25NO2/c1-16(2,3)14-9-7-13(8-10-14)15(19)17-11-5-4-6-12-18/h7-10,18H,4-6,11-12H2,1-3H3,(H,17,19). The van der Waals surface area contributed by atoms with Crippen molar-refractivity contribution in [2.75, 3.05) is 13.2 Å². The summed E-state index contributed by atoms with van der Waals surface area (Å²) in [5.74, 6) is -0.0237. The van der Waals surface area contributed by atoms with Crippen LogP contribution in [-0.4, -0.2) is 24.2 Å².